The molecule has 0 aromatic heterocycles. The summed E-state index contributed by atoms with van der Waals surface area (Å²) < 4.78 is 27.6. The molecular weight excluding hydrogens is 365 g/mol. The van der Waals surface area contributed by atoms with E-state index in [-0.39, 0.29) is 34.1 Å². The van der Waals surface area contributed by atoms with Gasteiger partial charge in [-0.1, -0.05) is 11.6 Å². The zero-order valence-corrected chi connectivity index (χ0v) is 14.5. The van der Waals surface area contributed by atoms with Gasteiger partial charge in [-0.3, -0.25) is 10.1 Å². The molecule has 2 aliphatic rings. The van der Waals surface area contributed by atoms with Crippen LogP contribution < -0.4 is 10.0 Å². The van der Waals surface area contributed by atoms with E-state index in [0.29, 0.717) is 12.1 Å². The average Bonchev–Trinajstić information content (AvgIpc) is 2.77. The minimum atomic E-state index is -3.78. The van der Waals surface area contributed by atoms with Crippen LogP contribution in [0.4, 0.5) is 5.69 Å². The van der Waals surface area contributed by atoms with Crippen molar-refractivity contribution in [2.24, 2.45) is 0 Å². The van der Waals surface area contributed by atoms with Gasteiger partial charge in [0.15, 0.2) is 0 Å². The van der Waals surface area contributed by atoms with E-state index in [4.69, 9.17) is 11.6 Å². The fraction of sp³-hybridized carbons (Fsp3) is 0.538. The van der Waals surface area contributed by atoms with E-state index in [2.05, 4.69) is 10.0 Å². The summed E-state index contributed by atoms with van der Waals surface area (Å²) in [6, 6.07) is 3.97. The molecule has 1 aromatic rings. The van der Waals surface area contributed by atoms with Crippen LogP contribution in [-0.2, 0) is 10.0 Å². The Hall–Kier alpha value is -0.930. The Kier molecular flexibility index (Phi) is 5.52. The molecule has 0 spiro atoms. The highest BCUT2D eigenvalue weighted by Gasteiger charge is 2.35. The molecule has 2 bridgehead atoms. The Morgan fingerprint density at radius 3 is 2.39 bits per heavy atom. The normalized spacial score (nSPS) is 26.6. The van der Waals surface area contributed by atoms with Gasteiger partial charge in [0.05, 0.1) is 9.95 Å². The monoisotopic (exact) mass is 381 g/mol. The zero-order chi connectivity index (χ0) is 15.9. The van der Waals surface area contributed by atoms with E-state index in [9.17, 15) is 18.5 Å². The second-order valence-electron chi connectivity index (χ2n) is 5.80. The summed E-state index contributed by atoms with van der Waals surface area (Å²) in [5.41, 5.74) is -0.233. The van der Waals surface area contributed by atoms with Crippen LogP contribution in [0.5, 0.6) is 0 Å². The van der Waals surface area contributed by atoms with Crippen LogP contribution in [-0.4, -0.2) is 31.5 Å². The molecule has 2 N–H and O–H groups in total. The van der Waals surface area contributed by atoms with Crippen LogP contribution in [0.15, 0.2) is 23.1 Å². The Bertz CT molecular complexity index is 701. The molecule has 0 radical (unpaired) electrons. The van der Waals surface area contributed by atoms with Crippen molar-refractivity contribution in [3.8, 4) is 0 Å². The minimum Gasteiger partial charge on any atom is -0.311 e. The molecule has 0 saturated carbocycles. The number of nitro benzene ring substituents is 1. The summed E-state index contributed by atoms with van der Waals surface area (Å²) in [6.07, 6.45) is 3.64. The standard InChI is InChI=1S/C13H16ClN3O4S.ClH/c14-12-7-11(17(18)19)3-4-13(12)22(20,21)16-10-5-8-1-2-9(6-10)15-8;/h3-4,7-10,15-16H,1-2,5-6H2;1H. The lowest BCUT2D eigenvalue weighted by molar-refractivity contribution is -0.384. The topological polar surface area (TPSA) is 101 Å². The van der Waals surface area contributed by atoms with Crippen molar-refractivity contribution in [1.82, 2.24) is 10.0 Å². The van der Waals surface area contributed by atoms with Crippen LogP contribution >= 0.6 is 24.0 Å². The van der Waals surface area contributed by atoms with E-state index in [1.165, 1.54) is 6.07 Å². The molecule has 23 heavy (non-hydrogen) atoms. The van der Waals surface area contributed by atoms with Crippen molar-refractivity contribution >= 4 is 39.7 Å². The second kappa shape index (κ2) is 6.90. The highest BCUT2D eigenvalue weighted by Crippen LogP contribution is 2.30. The molecule has 0 amide bonds. The first-order chi connectivity index (χ1) is 10.3. The number of sulfonamides is 1. The van der Waals surface area contributed by atoms with E-state index < -0.39 is 14.9 Å². The van der Waals surface area contributed by atoms with Gasteiger partial charge in [-0.25, -0.2) is 13.1 Å². The number of piperidine rings is 1. The van der Waals surface area contributed by atoms with Crippen molar-refractivity contribution in [3.63, 3.8) is 0 Å². The third-order valence-corrected chi connectivity index (χ3v) is 6.21. The molecular formula is C13H17Cl2N3O4S. The van der Waals surface area contributed by atoms with Gasteiger partial charge in [-0.2, -0.15) is 0 Å². The lowest BCUT2D eigenvalue weighted by atomic mass is 10.0. The van der Waals surface area contributed by atoms with E-state index in [0.717, 1.165) is 37.8 Å². The van der Waals surface area contributed by atoms with Crippen molar-refractivity contribution in [2.75, 3.05) is 0 Å². The van der Waals surface area contributed by atoms with Gasteiger partial charge in [0, 0.05) is 30.3 Å². The number of rotatable bonds is 4. The molecule has 128 valence electrons. The number of halogens is 2. The lowest BCUT2D eigenvalue weighted by Gasteiger charge is -2.29. The van der Waals surface area contributed by atoms with Gasteiger partial charge in [0.2, 0.25) is 10.0 Å². The van der Waals surface area contributed by atoms with Crippen LogP contribution in [0.2, 0.25) is 5.02 Å². The van der Waals surface area contributed by atoms with Crippen molar-refractivity contribution in [1.29, 1.82) is 0 Å². The number of benzene rings is 1. The quantitative estimate of drug-likeness (QED) is 0.614. The maximum atomic E-state index is 12.5. The molecule has 10 heteroatoms. The predicted octanol–water partition coefficient (Wildman–Crippen LogP) is 2.23. The fourth-order valence-corrected chi connectivity index (χ4v) is 5.06. The van der Waals surface area contributed by atoms with Gasteiger partial charge >= 0.3 is 0 Å². The van der Waals surface area contributed by atoms with E-state index in [1.54, 1.807) is 0 Å². The van der Waals surface area contributed by atoms with Crippen LogP contribution in [0.1, 0.15) is 25.7 Å². The lowest BCUT2D eigenvalue weighted by Crippen LogP contribution is -2.47. The van der Waals surface area contributed by atoms with Crippen LogP contribution in [0.25, 0.3) is 0 Å². The van der Waals surface area contributed by atoms with Crippen molar-refractivity contribution in [3.05, 3.63) is 33.3 Å². The van der Waals surface area contributed by atoms with Gasteiger partial charge in [0.1, 0.15) is 4.90 Å². The van der Waals surface area contributed by atoms with Gasteiger partial charge in [0.25, 0.3) is 5.69 Å². The summed E-state index contributed by atoms with van der Waals surface area (Å²) in [5.74, 6) is 0. The number of fused-ring (bicyclic) bond motifs is 2. The first-order valence-corrected chi connectivity index (χ1v) is 8.93. The summed E-state index contributed by atoms with van der Waals surface area (Å²) in [7, 11) is -3.78. The van der Waals surface area contributed by atoms with E-state index >= 15 is 0 Å². The molecule has 7 nitrogen and oxygen atoms in total. The molecule has 2 atom stereocenters. The van der Waals surface area contributed by atoms with E-state index in [1.807, 2.05) is 0 Å². The molecule has 2 aliphatic heterocycles. The number of hydrogen-bond donors (Lipinski definition) is 2. The number of nitro groups is 1. The number of nitrogens with one attached hydrogen (secondary N) is 2. The van der Waals surface area contributed by atoms with Gasteiger partial charge in [-0.15, -0.1) is 12.4 Å². The molecule has 0 aliphatic carbocycles. The Morgan fingerprint density at radius 2 is 1.87 bits per heavy atom. The molecule has 3 rings (SSSR count). The summed E-state index contributed by atoms with van der Waals surface area (Å²) >= 11 is 5.91. The molecule has 2 heterocycles. The minimum absolute atomic E-state index is 0. The predicted molar refractivity (Wildman–Crippen MR) is 88.6 cm³/mol. The maximum absolute atomic E-state index is 12.5. The number of nitrogens with zero attached hydrogens (tertiary/aromatic N) is 1. The first kappa shape index (κ1) is 18.4. The zero-order valence-electron chi connectivity index (χ0n) is 12.1. The third kappa shape index (κ3) is 3.95. The maximum Gasteiger partial charge on any atom is 0.271 e. The van der Waals surface area contributed by atoms with Gasteiger partial charge < -0.3 is 5.32 Å². The fourth-order valence-electron chi connectivity index (χ4n) is 3.26. The average molecular weight is 382 g/mol. The Labute approximate surface area is 145 Å². The van der Waals surface area contributed by atoms with Crippen molar-refractivity contribution < 1.29 is 13.3 Å². The second-order valence-corrected chi connectivity index (χ2v) is 7.89. The van der Waals surface area contributed by atoms with Crippen LogP contribution in [0.3, 0.4) is 0 Å². The molecule has 2 saturated heterocycles. The summed E-state index contributed by atoms with van der Waals surface area (Å²) in [5, 5.41) is 14.0. The number of non-ortho nitro benzene ring substituents is 1. The Morgan fingerprint density at radius 1 is 1.26 bits per heavy atom. The SMILES string of the molecule is Cl.O=[N+]([O-])c1ccc(S(=O)(=O)NC2CC3CCC(C2)N3)c(Cl)c1. The smallest absolute Gasteiger partial charge is 0.271 e. The highest BCUT2D eigenvalue weighted by molar-refractivity contribution is 7.89. The molecule has 2 fully saturated rings. The van der Waals surface area contributed by atoms with Crippen molar-refractivity contribution in [2.45, 2.75) is 48.7 Å². The first-order valence-electron chi connectivity index (χ1n) is 7.07. The largest absolute Gasteiger partial charge is 0.311 e. The molecule has 2 unspecified atom stereocenters. The number of hydrogen-bond acceptors (Lipinski definition) is 5. The Balaban J connectivity index is 0.00000192. The summed E-state index contributed by atoms with van der Waals surface area (Å²) in [4.78, 5) is 9.95. The molecule has 1 aromatic carbocycles. The van der Waals surface area contributed by atoms with Gasteiger partial charge in [-0.05, 0) is 31.7 Å². The highest BCUT2D eigenvalue weighted by atomic mass is 35.5. The third-order valence-electron chi connectivity index (χ3n) is 4.21. The summed E-state index contributed by atoms with van der Waals surface area (Å²) in [6.45, 7) is 0. The van der Waals surface area contributed by atoms with Crippen LogP contribution in [0, 0.1) is 10.1 Å².